The molecule has 2 nitrogen and oxygen atoms in total. The first kappa shape index (κ1) is 17.6. The number of alkyl halides is 8. The summed E-state index contributed by atoms with van der Waals surface area (Å²) < 4.78 is 102. The van der Waals surface area contributed by atoms with E-state index in [0.717, 1.165) is 0 Å². The molecule has 1 aromatic rings. The SMILES string of the molecule is N[C@@H](c1ccc(C(F)(F)F)cc1C(F)(F)F)C(F)(F)CO. The number of aliphatic hydroxyl groups excluding tert-OH is 1. The molecule has 0 spiro atoms. The number of rotatable bonds is 3. The Morgan fingerprint density at radius 1 is 0.952 bits per heavy atom. The quantitative estimate of drug-likeness (QED) is 0.838. The fraction of sp³-hybridized carbons (Fsp3) is 0.455. The zero-order valence-corrected chi connectivity index (χ0v) is 10.1. The first-order valence-electron chi connectivity index (χ1n) is 5.33. The number of benzene rings is 1. The van der Waals surface area contributed by atoms with Crippen LogP contribution in [0.5, 0.6) is 0 Å². The Kier molecular flexibility index (Phi) is 4.54. The first-order valence-corrected chi connectivity index (χ1v) is 5.33. The molecule has 3 N–H and O–H groups in total. The molecule has 1 rings (SSSR count). The van der Waals surface area contributed by atoms with Crippen molar-refractivity contribution in [1.82, 2.24) is 0 Å². The van der Waals surface area contributed by atoms with Crippen LogP contribution in [0.25, 0.3) is 0 Å². The Hall–Kier alpha value is -1.42. The summed E-state index contributed by atoms with van der Waals surface area (Å²) in [4.78, 5) is 0. The third-order valence-electron chi connectivity index (χ3n) is 2.69. The summed E-state index contributed by atoms with van der Waals surface area (Å²) in [5.41, 5.74) is 0.162. The monoisotopic (exact) mass is 323 g/mol. The van der Waals surface area contributed by atoms with Gasteiger partial charge >= 0.3 is 12.4 Å². The van der Waals surface area contributed by atoms with Gasteiger partial charge in [-0.1, -0.05) is 6.07 Å². The normalized spacial score (nSPS) is 15.1. The van der Waals surface area contributed by atoms with Gasteiger partial charge in [-0.3, -0.25) is 0 Å². The van der Waals surface area contributed by atoms with Gasteiger partial charge in [0, 0.05) is 0 Å². The van der Waals surface area contributed by atoms with Crippen molar-refractivity contribution < 1.29 is 40.2 Å². The van der Waals surface area contributed by atoms with Gasteiger partial charge in [0.1, 0.15) is 6.61 Å². The lowest BCUT2D eigenvalue weighted by Crippen LogP contribution is -2.37. The maximum atomic E-state index is 13.2. The topological polar surface area (TPSA) is 46.2 Å². The maximum absolute atomic E-state index is 13.2. The summed E-state index contributed by atoms with van der Waals surface area (Å²) in [5, 5.41) is 8.41. The van der Waals surface area contributed by atoms with Crippen molar-refractivity contribution in [2.24, 2.45) is 5.73 Å². The van der Waals surface area contributed by atoms with Crippen LogP contribution in [0.15, 0.2) is 18.2 Å². The lowest BCUT2D eigenvalue weighted by molar-refractivity contribution is -0.144. The van der Waals surface area contributed by atoms with E-state index in [1.165, 1.54) is 0 Å². The maximum Gasteiger partial charge on any atom is 0.416 e. The minimum absolute atomic E-state index is 0.220. The van der Waals surface area contributed by atoms with E-state index in [1.807, 2.05) is 0 Å². The van der Waals surface area contributed by atoms with Gasteiger partial charge in [0.15, 0.2) is 0 Å². The molecule has 0 unspecified atom stereocenters. The van der Waals surface area contributed by atoms with Gasteiger partial charge in [-0.05, 0) is 17.7 Å². The third kappa shape index (κ3) is 3.82. The largest absolute Gasteiger partial charge is 0.416 e. The first-order chi connectivity index (χ1) is 9.30. The highest BCUT2D eigenvalue weighted by Gasteiger charge is 2.44. The number of hydrogen-bond acceptors (Lipinski definition) is 2. The highest BCUT2D eigenvalue weighted by atomic mass is 19.4. The third-order valence-corrected chi connectivity index (χ3v) is 2.69. The van der Waals surface area contributed by atoms with E-state index in [2.05, 4.69) is 0 Å². The molecule has 21 heavy (non-hydrogen) atoms. The van der Waals surface area contributed by atoms with Crippen LogP contribution in [0.3, 0.4) is 0 Å². The molecule has 0 fully saturated rings. The molecule has 0 saturated heterocycles. The van der Waals surface area contributed by atoms with Crippen LogP contribution in [0, 0.1) is 0 Å². The van der Waals surface area contributed by atoms with Crippen molar-refractivity contribution in [2.45, 2.75) is 24.3 Å². The second-order valence-corrected chi connectivity index (χ2v) is 4.19. The molecule has 0 aliphatic carbocycles. The fourth-order valence-corrected chi connectivity index (χ4v) is 1.58. The van der Waals surface area contributed by atoms with Crippen molar-refractivity contribution in [3.8, 4) is 0 Å². The molecule has 0 saturated carbocycles. The summed E-state index contributed by atoms with van der Waals surface area (Å²) in [7, 11) is 0. The Morgan fingerprint density at radius 3 is 1.86 bits per heavy atom. The minimum Gasteiger partial charge on any atom is -0.390 e. The molecular weight excluding hydrogens is 314 g/mol. The van der Waals surface area contributed by atoms with E-state index < -0.39 is 47.6 Å². The van der Waals surface area contributed by atoms with E-state index in [1.54, 1.807) is 0 Å². The zero-order chi connectivity index (χ0) is 16.6. The molecule has 0 aliphatic rings. The van der Waals surface area contributed by atoms with E-state index in [4.69, 9.17) is 10.8 Å². The van der Waals surface area contributed by atoms with Crippen LogP contribution in [-0.4, -0.2) is 17.6 Å². The number of hydrogen-bond donors (Lipinski definition) is 2. The standard InChI is InChI=1S/C11H9F8NO/c12-9(13,4-21)8(20)6-2-1-5(10(14,15)16)3-7(6)11(17,18)19/h1-3,8,21H,4,20H2/t8-/m0/s1. The van der Waals surface area contributed by atoms with E-state index >= 15 is 0 Å². The summed E-state index contributed by atoms with van der Waals surface area (Å²) in [6, 6.07) is -2.43. The Morgan fingerprint density at radius 2 is 1.48 bits per heavy atom. The molecule has 0 aromatic heterocycles. The average molecular weight is 323 g/mol. The van der Waals surface area contributed by atoms with Gasteiger partial charge in [-0.25, -0.2) is 8.78 Å². The highest BCUT2D eigenvalue weighted by molar-refractivity contribution is 5.38. The van der Waals surface area contributed by atoms with E-state index in [9.17, 15) is 35.1 Å². The van der Waals surface area contributed by atoms with E-state index in [-0.39, 0.29) is 18.2 Å². The van der Waals surface area contributed by atoms with Gasteiger partial charge < -0.3 is 10.8 Å². The molecule has 0 aliphatic heterocycles. The van der Waals surface area contributed by atoms with Crippen molar-refractivity contribution >= 4 is 0 Å². The van der Waals surface area contributed by atoms with Crippen LogP contribution in [0.4, 0.5) is 35.1 Å². The predicted molar refractivity (Wildman–Crippen MR) is 55.4 cm³/mol. The Balaban J connectivity index is 3.47. The van der Waals surface area contributed by atoms with Crippen molar-refractivity contribution in [2.75, 3.05) is 6.61 Å². The van der Waals surface area contributed by atoms with Gasteiger partial charge in [0.05, 0.1) is 17.2 Å². The van der Waals surface area contributed by atoms with Crippen LogP contribution >= 0.6 is 0 Å². The van der Waals surface area contributed by atoms with Gasteiger partial charge in [0.25, 0.3) is 5.92 Å². The van der Waals surface area contributed by atoms with Crippen molar-refractivity contribution in [3.63, 3.8) is 0 Å². The van der Waals surface area contributed by atoms with Crippen molar-refractivity contribution in [1.29, 1.82) is 0 Å². The molecule has 0 radical (unpaired) electrons. The molecule has 0 amide bonds. The number of aliphatic hydroxyl groups is 1. The smallest absolute Gasteiger partial charge is 0.390 e. The Bertz CT molecular complexity index is 508. The number of nitrogens with two attached hydrogens (primary N) is 1. The van der Waals surface area contributed by atoms with Gasteiger partial charge in [-0.2, -0.15) is 26.3 Å². The second kappa shape index (κ2) is 5.41. The summed E-state index contributed by atoms with van der Waals surface area (Å²) in [5.74, 6) is -4.11. The molecule has 1 atom stereocenters. The van der Waals surface area contributed by atoms with Gasteiger partial charge in [-0.15, -0.1) is 0 Å². The Labute approximate surface area is 113 Å². The molecule has 1 aromatic carbocycles. The second-order valence-electron chi connectivity index (χ2n) is 4.19. The van der Waals surface area contributed by atoms with Crippen LogP contribution in [0.1, 0.15) is 22.7 Å². The van der Waals surface area contributed by atoms with Gasteiger partial charge in [0.2, 0.25) is 0 Å². The summed E-state index contributed by atoms with van der Waals surface area (Å²) in [6.07, 6.45) is -10.4. The summed E-state index contributed by atoms with van der Waals surface area (Å²) >= 11 is 0. The van der Waals surface area contributed by atoms with Crippen LogP contribution < -0.4 is 5.73 Å². The van der Waals surface area contributed by atoms with Crippen LogP contribution in [-0.2, 0) is 12.4 Å². The van der Waals surface area contributed by atoms with Crippen LogP contribution in [0.2, 0.25) is 0 Å². The molecular formula is C11H9F8NO. The summed E-state index contributed by atoms with van der Waals surface area (Å²) in [6.45, 7) is -1.84. The molecule has 10 heteroatoms. The number of halogens is 8. The van der Waals surface area contributed by atoms with E-state index in [0.29, 0.717) is 0 Å². The minimum atomic E-state index is -5.31. The zero-order valence-electron chi connectivity index (χ0n) is 10.1. The van der Waals surface area contributed by atoms with Crippen molar-refractivity contribution in [3.05, 3.63) is 34.9 Å². The average Bonchev–Trinajstić information content (AvgIpc) is 2.35. The lowest BCUT2D eigenvalue weighted by Gasteiger charge is -2.25. The predicted octanol–water partition coefficient (Wildman–Crippen LogP) is 3.35. The molecule has 120 valence electrons. The highest BCUT2D eigenvalue weighted by Crippen LogP contribution is 2.41. The fourth-order valence-electron chi connectivity index (χ4n) is 1.58. The lowest BCUT2D eigenvalue weighted by atomic mass is 9.94. The molecule has 0 heterocycles. The molecule has 0 bridgehead atoms.